The van der Waals surface area contributed by atoms with Crippen molar-refractivity contribution in [3.8, 4) is 0 Å². The molecule has 0 aromatic heterocycles. The average Bonchev–Trinajstić information content (AvgIpc) is 2.74. The highest BCUT2D eigenvalue weighted by Crippen LogP contribution is 2.47. The smallest absolute Gasteiger partial charge is 0.290 e. The van der Waals surface area contributed by atoms with Crippen molar-refractivity contribution >= 4 is 12.2 Å². The van der Waals surface area contributed by atoms with Gasteiger partial charge in [-0.15, -0.1) is 4.91 Å². The summed E-state index contributed by atoms with van der Waals surface area (Å²) in [5.74, 6) is -1.26. The van der Waals surface area contributed by atoms with Crippen LogP contribution in [0.4, 0.5) is 0 Å². The zero-order valence-corrected chi connectivity index (χ0v) is 6.92. The highest BCUT2D eigenvalue weighted by atomic mass is 16.3. The monoisotopic (exact) mass is 179 g/mol. The fourth-order valence-electron chi connectivity index (χ4n) is 2.45. The first kappa shape index (κ1) is 8.29. The summed E-state index contributed by atoms with van der Waals surface area (Å²) < 4.78 is 0. The lowest BCUT2D eigenvalue weighted by molar-refractivity contribution is -0.127. The Bertz CT molecular complexity index is 297. The maximum absolute atomic E-state index is 11.1. The third-order valence-electron chi connectivity index (χ3n) is 3.05. The molecule has 4 heteroatoms. The van der Waals surface area contributed by atoms with Crippen LogP contribution in [0.5, 0.6) is 0 Å². The Balaban J connectivity index is 2.27. The van der Waals surface area contributed by atoms with Gasteiger partial charge in [0.2, 0.25) is 0 Å². The van der Waals surface area contributed by atoms with Crippen LogP contribution in [0.3, 0.4) is 0 Å². The lowest BCUT2D eigenvalue weighted by atomic mass is 9.84. The molecule has 0 aromatic carbocycles. The van der Waals surface area contributed by atoms with E-state index in [0.717, 1.165) is 12.7 Å². The molecule has 2 aliphatic carbocycles. The summed E-state index contributed by atoms with van der Waals surface area (Å²) in [6.45, 7) is 0. The van der Waals surface area contributed by atoms with Crippen LogP contribution in [0.25, 0.3) is 0 Å². The van der Waals surface area contributed by atoms with Gasteiger partial charge in [0.25, 0.3) is 5.91 Å². The first-order valence-electron chi connectivity index (χ1n) is 4.28. The van der Waals surface area contributed by atoms with Gasteiger partial charge in [0, 0.05) is 11.1 Å². The van der Waals surface area contributed by atoms with Gasteiger partial charge in [-0.25, -0.2) is 0 Å². The van der Waals surface area contributed by atoms with E-state index in [1.165, 1.54) is 0 Å². The van der Waals surface area contributed by atoms with Crippen molar-refractivity contribution in [3.63, 3.8) is 0 Å². The lowest BCUT2D eigenvalue weighted by Crippen LogP contribution is -2.27. The van der Waals surface area contributed by atoms with Gasteiger partial charge in [-0.05, 0) is 18.3 Å². The molecule has 1 amide bonds. The summed E-state index contributed by atoms with van der Waals surface area (Å²) in [5, 5.41) is 2.41. The number of fused-ring (bicyclic) bond motifs is 2. The number of amides is 1. The maximum Gasteiger partial charge on any atom is 0.290 e. The molecule has 4 atom stereocenters. The quantitative estimate of drug-likeness (QED) is 0.359. The third-order valence-corrected chi connectivity index (χ3v) is 3.05. The Kier molecular flexibility index (Phi) is 1.83. The van der Waals surface area contributed by atoms with Crippen LogP contribution < -0.4 is 0 Å². The fraction of sp³-hybridized carbons (Fsp3) is 0.556. The van der Waals surface area contributed by atoms with Crippen molar-refractivity contribution < 1.29 is 9.59 Å². The molecule has 2 aliphatic rings. The number of hydrogen-bond donors (Lipinski definition) is 0. The van der Waals surface area contributed by atoms with Crippen LogP contribution in [0.15, 0.2) is 17.3 Å². The Labute approximate surface area is 75.0 Å². The van der Waals surface area contributed by atoms with E-state index in [-0.39, 0.29) is 17.8 Å². The minimum absolute atomic E-state index is 0.0606. The number of nitrogens with zero attached hydrogens (tertiary/aromatic N) is 1. The van der Waals surface area contributed by atoms with E-state index in [1.54, 1.807) is 0 Å². The topological polar surface area (TPSA) is 63.6 Å². The molecule has 0 saturated heterocycles. The van der Waals surface area contributed by atoms with Gasteiger partial charge in [-0.3, -0.25) is 4.79 Å². The third kappa shape index (κ3) is 1.05. The summed E-state index contributed by atoms with van der Waals surface area (Å²) in [4.78, 5) is 31.9. The van der Waals surface area contributed by atoms with E-state index in [1.807, 2.05) is 12.2 Å². The summed E-state index contributed by atoms with van der Waals surface area (Å²) in [5.41, 5.74) is 0. The molecule has 4 nitrogen and oxygen atoms in total. The van der Waals surface area contributed by atoms with Gasteiger partial charge in [0.1, 0.15) is 6.29 Å². The molecule has 2 bridgehead atoms. The van der Waals surface area contributed by atoms with Gasteiger partial charge >= 0.3 is 0 Å². The van der Waals surface area contributed by atoms with E-state index in [0.29, 0.717) is 0 Å². The second-order valence-corrected chi connectivity index (χ2v) is 3.62. The van der Waals surface area contributed by atoms with E-state index in [2.05, 4.69) is 5.18 Å². The van der Waals surface area contributed by atoms with E-state index in [4.69, 9.17) is 0 Å². The van der Waals surface area contributed by atoms with Crippen molar-refractivity contribution in [1.82, 2.24) is 0 Å². The van der Waals surface area contributed by atoms with Crippen molar-refractivity contribution in [2.75, 3.05) is 0 Å². The van der Waals surface area contributed by atoms with Gasteiger partial charge < -0.3 is 4.79 Å². The first-order valence-corrected chi connectivity index (χ1v) is 4.28. The Morgan fingerprint density at radius 1 is 1.38 bits per heavy atom. The zero-order chi connectivity index (χ0) is 9.42. The highest BCUT2D eigenvalue weighted by Gasteiger charge is 2.48. The second-order valence-electron chi connectivity index (χ2n) is 3.62. The van der Waals surface area contributed by atoms with Crippen LogP contribution in [0, 0.1) is 28.6 Å². The summed E-state index contributed by atoms with van der Waals surface area (Å²) in [7, 11) is 0. The van der Waals surface area contributed by atoms with Crippen LogP contribution in [0.2, 0.25) is 0 Å². The maximum atomic E-state index is 11.1. The predicted molar refractivity (Wildman–Crippen MR) is 44.6 cm³/mol. The van der Waals surface area contributed by atoms with Crippen LogP contribution in [0.1, 0.15) is 6.42 Å². The molecule has 0 aliphatic heterocycles. The predicted octanol–water partition coefficient (Wildman–Crippen LogP) is 0.917. The molecule has 1 fully saturated rings. The molecule has 4 unspecified atom stereocenters. The summed E-state index contributed by atoms with van der Waals surface area (Å²) in [6.07, 6.45) is 5.47. The molecule has 0 heterocycles. The van der Waals surface area contributed by atoms with Crippen molar-refractivity contribution in [3.05, 3.63) is 17.1 Å². The molecule has 0 aromatic rings. The number of aldehydes is 1. The van der Waals surface area contributed by atoms with E-state index < -0.39 is 11.8 Å². The number of allylic oxidation sites excluding steroid dienone is 2. The summed E-state index contributed by atoms with van der Waals surface area (Å²) >= 11 is 0. The van der Waals surface area contributed by atoms with E-state index in [9.17, 15) is 14.5 Å². The van der Waals surface area contributed by atoms with Crippen LogP contribution in [-0.2, 0) is 9.59 Å². The fourth-order valence-corrected chi connectivity index (χ4v) is 2.45. The Morgan fingerprint density at radius 2 is 2.08 bits per heavy atom. The molecule has 13 heavy (non-hydrogen) atoms. The molecule has 68 valence electrons. The number of hydrogen-bond acceptors (Lipinski definition) is 3. The van der Waals surface area contributed by atoms with Crippen LogP contribution >= 0.6 is 0 Å². The zero-order valence-electron chi connectivity index (χ0n) is 6.92. The van der Waals surface area contributed by atoms with Gasteiger partial charge in [-0.1, -0.05) is 12.2 Å². The summed E-state index contributed by atoms with van der Waals surface area (Å²) in [6, 6.07) is 0. The minimum atomic E-state index is -0.672. The highest BCUT2D eigenvalue weighted by molar-refractivity contribution is 5.84. The average molecular weight is 179 g/mol. The van der Waals surface area contributed by atoms with Crippen molar-refractivity contribution in [2.24, 2.45) is 28.8 Å². The van der Waals surface area contributed by atoms with Gasteiger partial charge in [-0.2, -0.15) is 0 Å². The molecule has 1 saturated carbocycles. The van der Waals surface area contributed by atoms with Gasteiger partial charge in [0.05, 0.1) is 5.92 Å². The van der Waals surface area contributed by atoms with Crippen molar-refractivity contribution in [1.29, 1.82) is 0 Å². The Hall–Kier alpha value is -1.32. The minimum Gasteiger partial charge on any atom is -0.303 e. The SMILES string of the molecule is O=CC1C2C=CC(C2)C1C(=O)N=O. The largest absolute Gasteiger partial charge is 0.303 e. The van der Waals surface area contributed by atoms with Crippen molar-refractivity contribution in [2.45, 2.75) is 6.42 Å². The van der Waals surface area contributed by atoms with Crippen LogP contribution in [-0.4, -0.2) is 12.2 Å². The molecular weight excluding hydrogens is 170 g/mol. The van der Waals surface area contributed by atoms with E-state index >= 15 is 0 Å². The molecule has 0 radical (unpaired) electrons. The van der Waals surface area contributed by atoms with Gasteiger partial charge in [0.15, 0.2) is 0 Å². The number of carbonyl (C=O) groups is 2. The number of nitroso groups, excluding NO2 is 1. The molecule has 0 N–H and O–H groups in total. The number of carbonyl (C=O) groups excluding carboxylic acids is 2. The molecule has 0 spiro atoms. The molecule has 2 rings (SSSR count). The first-order chi connectivity index (χ1) is 6.27. The number of rotatable bonds is 2. The normalized spacial score (nSPS) is 40.6. The molecular formula is C9H9NO3. The standard InChI is InChI=1S/C9H9NO3/c11-4-7-5-1-2-6(3-5)8(7)9(12)10-13/h1-2,4-8H,3H2. The lowest BCUT2D eigenvalue weighted by Gasteiger charge is -2.18. The Morgan fingerprint density at radius 3 is 2.69 bits per heavy atom. The second kappa shape index (κ2) is 2.87.